The van der Waals surface area contributed by atoms with Crippen LogP contribution < -0.4 is 10.2 Å². The van der Waals surface area contributed by atoms with Gasteiger partial charge in [0, 0.05) is 30.4 Å². The van der Waals surface area contributed by atoms with Crippen molar-refractivity contribution in [1.82, 2.24) is 15.3 Å². The molecule has 0 saturated heterocycles. The van der Waals surface area contributed by atoms with Crippen molar-refractivity contribution in [3.8, 4) is 0 Å². The van der Waals surface area contributed by atoms with Crippen molar-refractivity contribution >= 4 is 17.4 Å². The van der Waals surface area contributed by atoms with Gasteiger partial charge in [-0.2, -0.15) is 0 Å². The molecule has 3 rings (SSSR count). The summed E-state index contributed by atoms with van der Waals surface area (Å²) in [6, 6.07) is 16.1. The van der Waals surface area contributed by atoms with Gasteiger partial charge in [-0.05, 0) is 37.6 Å². The highest BCUT2D eigenvalue weighted by molar-refractivity contribution is 5.93. The maximum absolute atomic E-state index is 13.7. The number of benzene rings is 2. The number of nitrogens with one attached hydrogen (secondary N) is 1. The van der Waals surface area contributed by atoms with Crippen LogP contribution in [0.4, 0.5) is 15.9 Å². The molecule has 0 saturated carbocycles. The maximum atomic E-state index is 13.7. The zero-order valence-electron chi connectivity index (χ0n) is 15.3. The first-order chi connectivity index (χ1) is 13.1. The summed E-state index contributed by atoms with van der Waals surface area (Å²) in [6.07, 6.45) is 1.37. The minimum atomic E-state index is -0.373. The van der Waals surface area contributed by atoms with E-state index in [0.717, 1.165) is 11.3 Å². The molecule has 0 aliphatic carbocycles. The fourth-order valence-corrected chi connectivity index (χ4v) is 2.80. The average Bonchev–Trinajstić information content (AvgIpc) is 2.68. The van der Waals surface area contributed by atoms with Gasteiger partial charge < -0.3 is 10.2 Å². The average molecular weight is 364 g/mol. The number of anilines is 2. The molecule has 0 atom stereocenters. The Morgan fingerprint density at radius 3 is 2.67 bits per heavy atom. The third-order valence-electron chi connectivity index (χ3n) is 4.19. The summed E-state index contributed by atoms with van der Waals surface area (Å²) >= 11 is 0. The molecule has 5 nitrogen and oxygen atoms in total. The molecular formula is C21H21FN4O. The van der Waals surface area contributed by atoms with E-state index in [9.17, 15) is 9.18 Å². The van der Waals surface area contributed by atoms with Gasteiger partial charge in [0.2, 0.25) is 0 Å². The van der Waals surface area contributed by atoms with Crippen LogP contribution in [0, 0.1) is 12.7 Å². The summed E-state index contributed by atoms with van der Waals surface area (Å²) in [5, 5.41) is 2.70. The van der Waals surface area contributed by atoms with Crippen molar-refractivity contribution in [1.29, 1.82) is 0 Å². The van der Waals surface area contributed by atoms with Crippen molar-refractivity contribution < 1.29 is 9.18 Å². The standard InChI is InChI=1S/C21H21FN4O/c1-3-26(17-9-6-7-15(2)11-17)20-12-19(24-14-25-20)21(27)23-13-16-8-4-5-10-18(16)22/h4-12,14H,3,13H2,1-2H3,(H,23,27). The predicted molar refractivity (Wildman–Crippen MR) is 103 cm³/mol. The minimum Gasteiger partial charge on any atom is -0.347 e. The first-order valence-corrected chi connectivity index (χ1v) is 8.76. The molecule has 3 aromatic rings. The monoisotopic (exact) mass is 364 g/mol. The molecule has 0 radical (unpaired) electrons. The smallest absolute Gasteiger partial charge is 0.270 e. The molecule has 0 aliphatic rings. The fraction of sp³-hybridized carbons (Fsp3) is 0.190. The van der Waals surface area contributed by atoms with Gasteiger partial charge in [-0.1, -0.05) is 30.3 Å². The van der Waals surface area contributed by atoms with Crippen LogP contribution in [-0.2, 0) is 6.54 Å². The molecule has 0 spiro atoms. The van der Waals surface area contributed by atoms with Crippen molar-refractivity contribution in [2.45, 2.75) is 20.4 Å². The Balaban J connectivity index is 1.78. The van der Waals surface area contributed by atoms with E-state index in [0.29, 0.717) is 17.9 Å². The topological polar surface area (TPSA) is 58.1 Å². The van der Waals surface area contributed by atoms with Gasteiger partial charge in [0.05, 0.1) is 0 Å². The number of aryl methyl sites for hydroxylation is 1. The third kappa shape index (κ3) is 4.47. The molecule has 6 heteroatoms. The Hall–Kier alpha value is -3.28. The first-order valence-electron chi connectivity index (χ1n) is 8.76. The highest BCUT2D eigenvalue weighted by Gasteiger charge is 2.14. The van der Waals surface area contributed by atoms with Crippen molar-refractivity contribution in [3.05, 3.63) is 83.6 Å². The third-order valence-corrected chi connectivity index (χ3v) is 4.19. The van der Waals surface area contributed by atoms with E-state index in [2.05, 4.69) is 21.4 Å². The van der Waals surface area contributed by atoms with Crippen molar-refractivity contribution in [3.63, 3.8) is 0 Å². The molecule has 0 bridgehead atoms. The highest BCUT2D eigenvalue weighted by Crippen LogP contribution is 2.24. The lowest BCUT2D eigenvalue weighted by molar-refractivity contribution is 0.0945. The van der Waals surface area contributed by atoms with Gasteiger partial charge in [-0.15, -0.1) is 0 Å². The van der Waals surface area contributed by atoms with Crippen molar-refractivity contribution in [2.75, 3.05) is 11.4 Å². The normalized spacial score (nSPS) is 10.5. The molecule has 1 amide bonds. The van der Waals surface area contributed by atoms with E-state index in [4.69, 9.17) is 0 Å². The van der Waals surface area contributed by atoms with Crippen molar-refractivity contribution in [2.24, 2.45) is 0 Å². The van der Waals surface area contributed by atoms with E-state index in [1.807, 2.05) is 36.9 Å². The van der Waals surface area contributed by atoms with E-state index in [1.165, 1.54) is 12.4 Å². The van der Waals surface area contributed by atoms with Crippen LogP contribution in [0.15, 0.2) is 60.9 Å². The van der Waals surface area contributed by atoms with Gasteiger partial charge >= 0.3 is 0 Å². The second-order valence-electron chi connectivity index (χ2n) is 6.12. The van der Waals surface area contributed by atoms with Gasteiger partial charge in [0.25, 0.3) is 5.91 Å². The summed E-state index contributed by atoms with van der Waals surface area (Å²) in [6.45, 7) is 4.83. The largest absolute Gasteiger partial charge is 0.347 e. The Morgan fingerprint density at radius 1 is 1.11 bits per heavy atom. The summed E-state index contributed by atoms with van der Waals surface area (Å²) in [4.78, 5) is 22.8. The number of hydrogen-bond donors (Lipinski definition) is 1. The molecule has 1 N–H and O–H groups in total. The molecule has 2 aromatic carbocycles. The first kappa shape index (κ1) is 18.5. The quantitative estimate of drug-likeness (QED) is 0.718. The molecule has 1 heterocycles. The van der Waals surface area contributed by atoms with Crippen LogP contribution >= 0.6 is 0 Å². The van der Waals surface area contributed by atoms with Gasteiger partial charge in [-0.3, -0.25) is 4.79 Å². The Labute approximate surface area is 157 Å². The summed E-state index contributed by atoms with van der Waals surface area (Å²) in [5.41, 5.74) is 2.80. The minimum absolute atomic E-state index is 0.0974. The summed E-state index contributed by atoms with van der Waals surface area (Å²) < 4.78 is 13.7. The number of hydrogen-bond acceptors (Lipinski definition) is 4. The van der Waals surface area contributed by atoms with E-state index >= 15 is 0 Å². The van der Waals surface area contributed by atoms with Crippen LogP contribution in [-0.4, -0.2) is 22.4 Å². The lowest BCUT2D eigenvalue weighted by Gasteiger charge is -2.22. The molecule has 27 heavy (non-hydrogen) atoms. The summed E-state index contributed by atoms with van der Waals surface area (Å²) in [7, 11) is 0. The number of rotatable bonds is 6. The second kappa shape index (κ2) is 8.40. The lowest BCUT2D eigenvalue weighted by atomic mass is 10.2. The molecule has 0 fully saturated rings. The Morgan fingerprint density at radius 2 is 1.93 bits per heavy atom. The molecule has 0 aliphatic heterocycles. The maximum Gasteiger partial charge on any atom is 0.270 e. The fourth-order valence-electron chi connectivity index (χ4n) is 2.80. The van der Waals surface area contributed by atoms with Crippen LogP contribution in [0.2, 0.25) is 0 Å². The Bertz CT molecular complexity index is 945. The van der Waals surface area contributed by atoms with E-state index < -0.39 is 0 Å². The zero-order chi connectivity index (χ0) is 19.2. The molecule has 138 valence electrons. The molecular weight excluding hydrogens is 343 g/mol. The zero-order valence-corrected chi connectivity index (χ0v) is 15.3. The second-order valence-corrected chi connectivity index (χ2v) is 6.12. The number of halogens is 1. The highest BCUT2D eigenvalue weighted by atomic mass is 19.1. The van der Waals surface area contributed by atoms with E-state index in [1.54, 1.807) is 24.3 Å². The van der Waals surface area contributed by atoms with Gasteiger partial charge in [0.15, 0.2) is 0 Å². The lowest BCUT2D eigenvalue weighted by Crippen LogP contribution is -2.25. The van der Waals surface area contributed by atoms with Gasteiger partial charge in [-0.25, -0.2) is 14.4 Å². The van der Waals surface area contributed by atoms with E-state index in [-0.39, 0.29) is 24.0 Å². The molecule has 0 unspecified atom stereocenters. The number of carbonyl (C=O) groups excluding carboxylic acids is 1. The number of aromatic nitrogens is 2. The van der Waals surface area contributed by atoms with Gasteiger partial charge in [0.1, 0.15) is 23.7 Å². The SMILES string of the molecule is CCN(c1cccc(C)c1)c1cc(C(=O)NCc2ccccc2F)ncn1. The number of amides is 1. The molecule has 1 aromatic heterocycles. The van der Waals surface area contributed by atoms with Crippen LogP contribution in [0.3, 0.4) is 0 Å². The number of nitrogens with zero attached hydrogens (tertiary/aromatic N) is 3. The van der Waals surface area contributed by atoms with Crippen LogP contribution in [0.25, 0.3) is 0 Å². The predicted octanol–water partition coefficient (Wildman–Crippen LogP) is 4.01. The number of carbonyl (C=O) groups is 1. The van der Waals surface area contributed by atoms with Crippen LogP contribution in [0.5, 0.6) is 0 Å². The van der Waals surface area contributed by atoms with Crippen LogP contribution in [0.1, 0.15) is 28.5 Å². The Kier molecular flexibility index (Phi) is 5.76. The summed E-state index contributed by atoms with van der Waals surface area (Å²) in [5.74, 6) is -0.0888.